The standard InChI is InChI=1S/C11H11N/c1-9-7-11(12-8-9)10-5-3-2-4-6-10/h2-6,8,11H,1,7H2. The summed E-state index contributed by atoms with van der Waals surface area (Å²) in [5.41, 5.74) is 2.41. The van der Waals surface area contributed by atoms with Gasteiger partial charge in [0.05, 0.1) is 6.04 Å². The van der Waals surface area contributed by atoms with Crippen molar-refractivity contribution in [3.63, 3.8) is 0 Å². The third kappa shape index (κ3) is 1.30. The fourth-order valence-corrected chi connectivity index (χ4v) is 1.43. The molecular formula is C11H11N. The lowest BCUT2D eigenvalue weighted by atomic mass is 10.0. The maximum atomic E-state index is 4.36. The molecular weight excluding hydrogens is 146 g/mol. The molecule has 1 aliphatic heterocycles. The second-order valence-corrected chi connectivity index (χ2v) is 3.07. The Labute approximate surface area is 72.5 Å². The minimum absolute atomic E-state index is 0.318. The van der Waals surface area contributed by atoms with E-state index in [0.717, 1.165) is 12.0 Å². The fraction of sp³-hybridized carbons (Fsp3) is 0.182. The van der Waals surface area contributed by atoms with Gasteiger partial charge in [-0.1, -0.05) is 36.9 Å². The molecule has 0 aromatic heterocycles. The van der Waals surface area contributed by atoms with Crippen molar-refractivity contribution >= 4 is 6.21 Å². The van der Waals surface area contributed by atoms with Crippen LogP contribution in [0.2, 0.25) is 0 Å². The lowest BCUT2D eigenvalue weighted by Gasteiger charge is -2.05. The third-order valence-corrected chi connectivity index (χ3v) is 2.08. The van der Waals surface area contributed by atoms with E-state index < -0.39 is 0 Å². The van der Waals surface area contributed by atoms with Gasteiger partial charge in [-0.2, -0.15) is 0 Å². The summed E-state index contributed by atoms with van der Waals surface area (Å²) in [6, 6.07) is 10.7. The molecule has 1 heteroatoms. The van der Waals surface area contributed by atoms with Crippen LogP contribution in [0.15, 0.2) is 47.5 Å². The van der Waals surface area contributed by atoms with Gasteiger partial charge in [-0.25, -0.2) is 0 Å². The lowest BCUT2D eigenvalue weighted by molar-refractivity contribution is 0.768. The van der Waals surface area contributed by atoms with Crippen LogP contribution in [0.25, 0.3) is 0 Å². The number of benzene rings is 1. The molecule has 1 unspecified atom stereocenters. The molecule has 2 rings (SSSR count). The SMILES string of the molecule is C=C1C=NC(c2ccccc2)C1. The van der Waals surface area contributed by atoms with Crippen LogP contribution < -0.4 is 0 Å². The molecule has 1 heterocycles. The van der Waals surface area contributed by atoms with E-state index in [9.17, 15) is 0 Å². The van der Waals surface area contributed by atoms with E-state index >= 15 is 0 Å². The second kappa shape index (κ2) is 2.94. The normalized spacial score (nSPS) is 21.7. The van der Waals surface area contributed by atoms with Gasteiger partial charge in [0.1, 0.15) is 0 Å². The van der Waals surface area contributed by atoms with Crippen molar-refractivity contribution < 1.29 is 0 Å². The van der Waals surface area contributed by atoms with E-state index in [1.165, 1.54) is 5.56 Å². The zero-order valence-corrected chi connectivity index (χ0v) is 6.90. The Morgan fingerprint density at radius 1 is 1.25 bits per heavy atom. The van der Waals surface area contributed by atoms with Gasteiger partial charge in [-0.05, 0) is 17.6 Å². The summed E-state index contributed by atoms with van der Waals surface area (Å²) in [6.45, 7) is 3.88. The van der Waals surface area contributed by atoms with E-state index in [1.54, 1.807) is 0 Å². The minimum atomic E-state index is 0.318. The maximum absolute atomic E-state index is 4.36. The summed E-state index contributed by atoms with van der Waals surface area (Å²) in [5.74, 6) is 0. The quantitative estimate of drug-likeness (QED) is 0.594. The molecule has 0 saturated heterocycles. The predicted molar refractivity (Wildman–Crippen MR) is 51.4 cm³/mol. The third-order valence-electron chi connectivity index (χ3n) is 2.08. The summed E-state index contributed by atoms with van der Waals surface area (Å²) < 4.78 is 0. The molecule has 0 spiro atoms. The van der Waals surface area contributed by atoms with Gasteiger partial charge >= 0.3 is 0 Å². The first-order valence-electron chi connectivity index (χ1n) is 4.12. The summed E-state index contributed by atoms with van der Waals surface area (Å²) >= 11 is 0. The van der Waals surface area contributed by atoms with E-state index in [2.05, 4.69) is 23.7 Å². The summed E-state index contributed by atoms with van der Waals surface area (Å²) in [6.07, 6.45) is 2.85. The van der Waals surface area contributed by atoms with Gasteiger partial charge in [0.2, 0.25) is 0 Å². The van der Waals surface area contributed by atoms with Crippen LogP contribution in [-0.2, 0) is 0 Å². The average molecular weight is 157 g/mol. The van der Waals surface area contributed by atoms with Crippen LogP contribution in [-0.4, -0.2) is 6.21 Å². The molecule has 0 fully saturated rings. The van der Waals surface area contributed by atoms with Crippen LogP contribution in [0.4, 0.5) is 0 Å². The molecule has 0 saturated carbocycles. The minimum Gasteiger partial charge on any atom is -0.284 e. The smallest absolute Gasteiger partial charge is 0.0789 e. The first kappa shape index (κ1) is 7.29. The Morgan fingerprint density at radius 2 is 2.00 bits per heavy atom. The zero-order valence-electron chi connectivity index (χ0n) is 6.90. The molecule has 1 aromatic rings. The molecule has 0 aliphatic carbocycles. The van der Waals surface area contributed by atoms with Crippen LogP contribution in [0.3, 0.4) is 0 Å². The van der Waals surface area contributed by atoms with Crippen LogP contribution >= 0.6 is 0 Å². The Morgan fingerprint density at radius 3 is 2.58 bits per heavy atom. The van der Waals surface area contributed by atoms with Crippen molar-refractivity contribution in [1.29, 1.82) is 0 Å². The summed E-state index contributed by atoms with van der Waals surface area (Å²) in [7, 11) is 0. The summed E-state index contributed by atoms with van der Waals surface area (Å²) in [4.78, 5) is 4.36. The van der Waals surface area contributed by atoms with Gasteiger partial charge in [0.15, 0.2) is 0 Å². The van der Waals surface area contributed by atoms with Crippen molar-refractivity contribution in [3.8, 4) is 0 Å². The number of aliphatic imine (C=N–C) groups is 1. The highest BCUT2D eigenvalue weighted by atomic mass is 14.8. The van der Waals surface area contributed by atoms with Crippen molar-refractivity contribution in [1.82, 2.24) is 0 Å². The highest BCUT2D eigenvalue weighted by Crippen LogP contribution is 2.27. The molecule has 12 heavy (non-hydrogen) atoms. The van der Waals surface area contributed by atoms with Crippen LogP contribution in [0.5, 0.6) is 0 Å². The van der Waals surface area contributed by atoms with Crippen LogP contribution in [0.1, 0.15) is 18.0 Å². The molecule has 1 aromatic carbocycles. The van der Waals surface area contributed by atoms with E-state index in [1.807, 2.05) is 24.4 Å². The molecule has 1 aliphatic rings. The first-order chi connectivity index (χ1) is 5.86. The van der Waals surface area contributed by atoms with E-state index in [0.29, 0.717) is 6.04 Å². The number of rotatable bonds is 1. The Kier molecular flexibility index (Phi) is 1.78. The van der Waals surface area contributed by atoms with E-state index in [4.69, 9.17) is 0 Å². The van der Waals surface area contributed by atoms with Crippen molar-refractivity contribution in [3.05, 3.63) is 48.0 Å². The highest BCUT2D eigenvalue weighted by Gasteiger charge is 2.14. The Hall–Kier alpha value is -1.37. The Bertz CT molecular complexity index is 311. The van der Waals surface area contributed by atoms with Crippen molar-refractivity contribution in [2.75, 3.05) is 0 Å². The highest BCUT2D eigenvalue weighted by molar-refractivity contribution is 5.80. The molecule has 1 atom stereocenters. The molecule has 0 amide bonds. The Balaban J connectivity index is 2.23. The number of hydrogen-bond acceptors (Lipinski definition) is 1. The number of nitrogens with zero attached hydrogens (tertiary/aromatic N) is 1. The maximum Gasteiger partial charge on any atom is 0.0789 e. The summed E-state index contributed by atoms with van der Waals surface area (Å²) in [5, 5.41) is 0. The molecule has 1 nitrogen and oxygen atoms in total. The second-order valence-electron chi connectivity index (χ2n) is 3.07. The van der Waals surface area contributed by atoms with Crippen molar-refractivity contribution in [2.24, 2.45) is 4.99 Å². The fourth-order valence-electron chi connectivity index (χ4n) is 1.43. The van der Waals surface area contributed by atoms with Gasteiger partial charge in [-0.15, -0.1) is 0 Å². The monoisotopic (exact) mass is 157 g/mol. The lowest BCUT2D eigenvalue weighted by Crippen LogP contribution is -1.89. The first-order valence-corrected chi connectivity index (χ1v) is 4.12. The average Bonchev–Trinajstić information content (AvgIpc) is 2.54. The van der Waals surface area contributed by atoms with Gasteiger partial charge < -0.3 is 0 Å². The van der Waals surface area contributed by atoms with E-state index in [-0.39, 0.29) is 0 Å². The van der Waals surface area contributed by atoms with Gasteiger partial charge in [-0.3, -0.25) is 4.99 Å². The zero-order chi connectivity index (χ0) is 8.39. The largest absolute Gasteiger partial charge is 0.284 e. The topological polar surface area (TPSA) is 12.4 Å². The van der Waals surface area contributed by atoms with Gasteiger partial charge in [0.25, 0.3) is 0 Å². The van der Waals surface area contributed by atoms with Gasteiger partial charge in [0, 0.05) is 6.21 Å². The molecule has 0 bridgehead atoms. The molecule has 0 N–H and O–H groups in total. The number of hydrogen-bond donors (Lipinski definition) is 0. The molecule has 60 valence electrons. The molecule has 0 radical (unpaired) electrons. The van der Waals surface area contributed by atoms with Crippen molar-refractivity contribution in [2.45, 2.75) is 12.5 Å². The predicted octanol–water partition coefficient (Wildman–Crippen LogP) is 2.76. The van der Waals surface area contributed by atoms with Crippen LogP contribution in [0, 0.1) is 0 Å².